The minimum absolute atomic E-state index is 0.0217. The molecule has 2 heterocycles. The lowest BCUT2D eigenvalue weighted by Crippen LogP contribution is -2.05. The number of carbonyl (C=O) groups excluding carboxylic acids is 1. The molecule has 6 nitrogen and oxygen atoms in total. The number of hydrogen-bond acceptors (Lipinski definition) is 5. The predicted molar refractivity (Wildman–Crippen MR) is 59.9 cm³/mol. The van der Waals surface area contributed by atoms with Crippen LogP contribution in [0.5, 0.6) is 0 Å². The maximum absolute atomic E-state index is 11.7. The second-order valence-corrected chi connectivity index (χ2v) is 4.07. The van der Waals surface area contributed by atoms with E-state index in [9.17, 15) is 4.79 Å². The molecule has 6 heteroatoms. The Morgan fingerprint density at radius 1 is 1.50 bits per heavy atom. The van der Waals surface area contributed by atoms with Crippen molar-refractivity contribution in [2.24, 2.45) is 5.92 Å². The SMILES string of the molecule is CC(C)CC(=O)c1nc2cnc(N)nc2[nH]1. The predicted octanol–water partition coefficient (Wildman–Crippen LogP) is 1.16. The van der Waals surface area contributed by atoms with Gasteiger partial charge in [0.2, 0.25) is 5.95 Å². The van der Waals surface area contributed by atoms with Crippen LogP contribution in [0.25, 0.3) is 11.2 Å². The molecule has 0 saturated carbocycles. The number of aromatic nitrogens is 4. The number of imidazole rings is 1. The molecule has 0 bridgehead atoms. The summed E-state index contributed by atoms with van der Waals surface area (Å²) < 4.78 is 0. The number of nitrogens with one attached hydrogen (secondary N) is 1. The highest BCUT2D eigenvalue weighted by atomic mass is 16.1. The molecule has 84 valence electrons. The van der Waals surface area contributed by atoms with E-state index in [4.69, 9.17) is 5.73 Å². The van der Waals surface area contributed by atoms with Crippen molar-refractivity contribution < 1.29 is 4.79 Å². The summed E-state index contributed by atoms with van der Waals surface area (Å²) >= 11 is 0. The molecule has 3 N–H and O–H groups in total. The monoisotopic (exact) mass is 219 g/mol. The van der Waals surface area contributed by atoms with Crippen LogP contribution in [0.2, 0.25) is 0 Å². The molecule has 0 aromatic carbocycles. The number of anilines is 1. The van der Waals surface area contributed by atoms with Gasteiger partial charge in [-0.15, -0.1) is 0 Å². The standard InChI is InChI=1S/C10H13N5O/c1-5(2)3-7(16)9-13-6-4-12-10(11)15-8(6)14-9/h4-5H,3H2,1-2H3,(H3,11,12,13,14,15). The minimum Gasteiger partial charge on any atom is -0.368 e. The van der Waals surface area contributed by atoms with E-state index in [1.54, 1.807) is 0 Å². The Morgan fingerprint density at radius 3 is 2.94 bits per heavy atom. The number of aromatic amines is 1. The molecule has 0 aliphatic carbocycles. The molecule has 0 fully saturated rings. The molecule has 2 rings (SSSR count). The summed E-state index contributed by atoms with van der Waals surface area (Å²) in [6.07, 6.45) is 1.96. The number of ketones is 1. The lowest BCUT2D eigenvalue weighted by atomic mass is 10.1. The van der Waals surface area contributed by atoms with E-state index >= 15 is 0 Å². The van der Waals surface area contributed by atoms with Crippen LogP contribution in [0.3, 0.4) is 0 Å². The van der Waals surface area contributed by atoms with Crippen LogP contribution in [-0.2, 0) is 0 Å². The maximum Gasteiger partial charge on any atom is 0.222 e. The average molecular weight is 219 g/mol. The van der Waals surface area contributed by atoms with Gasteiger partial charge in [-0.3, -0.25) is 4.79 Å². The molecule has 0 amide bonds. The van der Waals surface area contributed by atoms with Crippen LogP contribution < -0.4 is 5.73 Å². The summed E-state index contributed by atoms with van der Waals surface area (Å²) in [5.74, 6) is 0.769. The molecule has 0 radical (unpaired) electrons. The Hall–Kier alpha value is -1.98. The average Bonchev–Trinajstić information content (AvgIpc) is 2.59. The largest absolute Gasteiger partial charge is 0.368 e. The third kappa shape index (κ3) is 2.00. The highest BCUT2D eigenvalue weighted by Crippen LogP contribution is 2.12. The Labute approximate surface area is 92.3 Å². The van der Waals surface area contributed by atoms with Crippen LogP contribution in [0, 0.1) is 5.92 Å². The molecule has 2 aromatic heterocycles. The molecular formula is C10H13N5O. The smallest absolute Gasteiger partial charge is 0.222 e. The topological polar surface area (TPSA) is 97.6 Å². The van der Waals surface area contributed by atoms with Gasteiger partial charge in [0.05, 0.1) is 6.20 Å². The van der Waals surface area contributed by atoms with Gasteiger partial charge in [0.1, 0.15) is 5.52 Å². The first-order valence-corrected chi connectivity index (χ1v) is 5.07. The number of nitrogens with zero attached hydrogens (tertiary/aromatic N) is 3. The zero-order valence-corrected chi connectivity index (χ0v) is 9.19. The zero-order chi connectivity index (χ0) is 11.7. The van der Waals surface area contributed by atoms with Gasteiger partial charge < -0.3 is 10.7 Å². The fourth-order valence-corrected chi connectivity index (χ4v) is 1.42. The summed E-state index contributed by atoms with van der Waals surface area (Å²) in [6, 6.07) is 0. The van der Waals surface area contributed by atoms with Gasteiger partial charge in [-0.1, -0.05) is 13.8 Å². The van der Waals surface area contributed by atoms with Gasteiger partial charge >= 0.3 is 0 Å². The number of Topliss-reactive ketones (excluding diaryl/α,β-unsaturated/α-hetero) is 1. The van der Waals surface area contributed by atoms with Gasteiger partial charge in [0.15, 0.2) is 17.3 Å². The van der Waals surface area contributed by atoms with E-state index in [1.807, 2.05) is 13.8 Å². The molecule has 0 saturated heterocycles. The van der Waals surface area contributed by atoms with Crippen molar-refractivity contribution in [2.75, 3.05) is 5.73 Å². The first kappa shape index (κ1) is 10.5. The van der Waals surface area contributed by atoms with E-state index in [1.165, 1.54) is 6.20 Å². The third-order valence-corrected chi connectivity index (χ3v) is 2.11. The fourth-order valence-electron chi connectivity index (χ4n) is 1.42. The normalized spacial score (nSPS) is 11.2. The van der Waals surface area contributed by atoms with E-state index < -0.39 is 0 Å². The van der Waals surface area contributed by atoms with E-state index in [0.717, 1.165) is 0 Å². The van der Waals surface area contributed by atoms with E-state index in [0.29, 0.717) is 29.3 Å². The second-order valence-electron chi connectivity index (χ2n) is 4.07. The first-order valence-electron chi connectivity index (χ1n) is 5.07. The Bertz CT molecular complexity index is 531. The summed E-state index contributed by atoms with van der Waals surface area (Å²) in [7, 11) is 0. The van der Waals surface area contributed by atoms with Gasteiger partial charge in [0.25, 0.3) is 0 Å². The first-order chi connectivity index (χ1) is 7.56. The molecule has 0 atom stereocenters. The van der Waals surface area contributed by atoms with Crippen molar-refractivity contribution in [1.82, 2.24) is 19.9 Å². The Balaban J connectivity index is 2.36. The van der Waals surface area contributed by atoms with Crippen LogP contribution in [-0.4, -0.2) is 25.7 Å². The molecule has 16 heavy (non-hydrogen) atoms. The van der Waals surface area contributed by atoms with Gasteiger partial charge in [-0.2, -0.15) is 4.98 Å². The maximum atomic E-state index is 11.7. The zero-order valence-electron chi connectivity index (χ0n) is 9.19. The van der Waals surface area contributed by atoms with Crippen LogP contribution in [0.1, 0.15) is 30.9 Å². The van der Waals surface area contributed by atoms with Crippen molar-refractivity contribution in [1.29, 1.82) is 0 Å². The second kappa shape index (κ2) is 3.88. The van der Waals surface area contributed by atoms with Gasteiger partial charge in [-0.05, 0) is 5.92 Å². The molecule has 0 spiro atoms. The van der Waals surface area contributed by atoms with Crippen molar-refractivity contribution >= 4 is 22.9 Å². The molecule has 0 unspecified atom stereocenters. The molecule has 0 aliphatic heterocycles. The van der Waals surface area contributed by atoms with Crippen molar-refractivity contribution in [3.63, 3.8) is 0 Å². The van der Waals surface area contributed by atoms with Crippen molar-refractivity contribution in [3.05, 3.63) is 12.0 Å². The number of rotatable bonds is 3. The number of fused-ring (bicyclic) bond motifs is 1. The minimum atomic E-state index is -0.0217. The number of carbonyl (C=O) groups is 1. The Morgan fingerprint density at radius 2 is 2.25 bits per heavy atom. The molecular weight excluding hydrogens is 206 g/mol. The lowest BCUT2D eigenvalue weighted by molar-refractivity contribution is 0.0959. The van der Waals surface area contributed by atoms with E-state index in [2.05, 4.69) is 19.9 Å². The molecule has 2 aromatic rings. The summed E-state index contributed by atoms with van der Waals surface area (Å²) in [6.45, 7) is 3.97. The number of nitrogen functional groups attached to an aromatic ring is 1. The quantitative estimate of drug-likeness (QED) is 0.755. The highest BCUT2D eigenvalue weighted by molar-refractivity contribution is 5.95. The Kier molecular flexibility index (Phi) is 2.55. The van der Waals surface area contributed by atoms with Gasteiger partial charge in [-0.25, -0.2) is 9.97 Å². The molecule has 0 aliphatic rings. The van der Waals surface area contributed by atoms with Crippen LogP contribution in [0.15, 0.2) is 6.20 Å². The van der Waals surface area contributed by atoms with Crippen molar-refractivity contribution in [3.8, 4) is 0 Å². The van der Waals surface area contributed by atoms with Crippen LogP contribution in [0.4, 0.5) is 5.95 Å². The van der Waals surface area contributed by atoms with Crippen molar-refractivity contribution in [2.45, 2.75) is 20.3 Å². The highest BCUT2D eigenvalue weighted by Gasteiger charge is 2.13. The summed E-state index contributed by atoms with van der Waals surface area (Å²) in [5.41, 5.74) is 6.49. The fraction of sp³-hybridized carbons (Fsp3) is 0.400. The number of nitrogens with two attached hydrogens (primary N) is 1. The number of H-pyrrole nitrogens is 1. The van der Waals surface area contributed by atoms with Gasteiger partial charge in [0, 0.05) is 6.42 Å². The summed E-state index contributed by atoms with van der Waals surface area (Å²) in [4.78, 5) is 26.5. The summed E-state index contributed by atoms with van der Waals surface area (Å²) in [5, 5.41) is 0. The third-order valence-electron chi connectivity index (χ3n) is 2.11. The lowest BCUT2D eigenvalue weighted by Gasteiger charge is -1.99. The van der Waals surface area contributed by atoms with E-state index in [-0.39, 0.29) is 11.7 Å². The number of hydrogen-bond donors (Lipinski definition) is 2. The van der Waals surface area contributed by atoms with Crippen LogP contribution >= 0.6 is 0 Å².